The van der Waals surface area contributed by atoms with E-state index in [2.05, 4.69) is 66.4 Å². The molecule has 0 aliphatic carbocycles. The van der Waals surface area contributed by atoms with E-state index < -0.39 is 0 Å². The molecule has 2 atom stereocenters. The number of hydrogen-bond acceptors (Lipinski definition) is 3. The Labute approximate surface area is 114 Å². The second-order valence-corrected chi connectivity index (χ2v) is 5.18. The maximum absolute atomic E-state index is 4.37. The highest BCUT2D eigenvalue weighted by atomic mass is 15.2. The molecule has 4 heteroatoms. The van der Waals surface area contributed by atoms with E-state index >= 15 is 0 Å². The van der Waals surface area contributed by atoms with Crippen LogP contribution >= 0.6 is 0 Å². The number of aryl methyl sites for hydroxylation is 2. The highest BCUT2D eigenvalue weighted by Gasteiger charge is 2.16. The first-order valence-corrected chi connectivity index (χ1v) is 6.70. The second-order valence-electron chi connectivity index (χ2n) is 5.18. The Hall–Kier alpha value is -1.68. The zero-order valence-corrected chi connectivity index (χ0v) is 12.3. The molecule has 1 aromatic carbocycles. The third-order valence-corrected chi connectivity index (χ3v) is 3.61. The summed E-state index contributed by atoms with van der Waals surface area (Å²) in [5, 5.41) is 10.6. The predicted octanol–water partition coefficient (Wildman–Crippen LogP) is 3.14. The summed E-state index contributed by atoms with van der Waals surface area (Å²) < 4.78 is 0. The van der Waals surface area contributed by atoms with Crippen molar-refractivity contribution in [2.45, 2.75) is 46.7 Å². The van der Waals surface area contributed by atoms with Gasteiger partial charge in [-0.3, -0.25) is 5.10 Å². The van der Waals surface area contributed by atoms with Crippen LogP contribution in [0.25, 0.3) is 0 Å². The fraction of sp³-hybridized carbons (Fsp3) is 0.467. The van der Waals surface area contributed by atoms with E-state index in [9.17, 15) is 0 Å². The van der Waals surface area contributed by atoms with Crippen molar-refractivity contribution in [2.24, 2.45) is 0 Å². The van der Waals surface area contributed by atoms with E-state index in [1.54, 1.807) is 0 Å². The lowest BCUT2D eigenvalue weighted by Gasteiger charge is -2.21. The monoisotopic (exact) mass is 258 g/mol. The minimum atomic E-state index is 0.125. The third kappa shape index (κ3) is 3.01. The van der Waals surface area contributed by atoms with Gasteiger partial charge in [-0.2, -0.15) is 5.10 Å². The standard InChI is InChI=1S/C15H22N4/c1-9-7-6-8-14(10(9)2)11(3)16-12(4)15-17-13(5)18-19-15/h6-8,11-12,16H,1-5H3,(H,17,18,19). The van der Waals surface area contributed by atoms with E-state index in [1.807, 2.05) is 6.92 Å². The van der Waals surface area contributed by atoms with Gasteiger partial charge in [-0.1, -0.05) is 18.2 Å². The van der Waals surface area contributed by atoms with Crippen molar-refractivity contribution < 1.29 is 0 Å². The molecule has 102 valence electrons. The number of nitrogens with one attached hydrogen (secondary N) is 2. The van der Waals surface area contributed by atoms with E-state index in [0.29, 0.717) is 0 Å². The van der Waals surface area contributed by atoms with E-state index in [1.165, 1.54) is 16.7 Å². The van der Waals surface area contributed by atoms with Crippen LogP contribution in [0.1, 0.15) is 54.3 Å². The van der Waals surface area contributed by atoms with Gasteiger partial charge in [0.1, 0.15) is 5.82 Å². The molecule has 2 unspecified atom stereocenters. The fourth-order valence-corrected chi connectivity index (χ4v) is 2.34. The Morgan fingerprint density at radius 3 is 2.47 bits per heavy atom. The minimum absolute atomic E-state index is 0.125. The molecule has 2 aromatic rings. The van der Waals surface area contributed by atoms with Gasteiger partial charge in [0.05, 0.1) is 6.04 Å². The van der Waals surface area contributed by atoms with Gasteiger partial charge in [0.15, 0.2) is 5.82 Å². The van der Waals surface area contributed by atoms with Gasteiger partial charge in [-0.15, -0.1) is 0 Å². The quantitative estimate of drug-likeness (QED) is 0.885. The number of aromatic nitrogens is 3. The van der Waals surface area contributed by atoms with Crippen molar-refractivity contribution >= 4 is 0 Å². The average Bonchev–Trinajstić information content (AvgIpc) is 2.79. The summed E-state index contributed by atoms with van der Waals surface area (Å²) in [5.74, 6) is 1.66. The lowest BCUT2D eigenvalue weighted by Crippen LogP contribution is -2.24. The maximum atomic E-state index is 4.37. The normalized spacial score (nSPS) is 14.4. The van der Waals surface area contributed by atoms with Crippen molar-refractivity contribution in [3.63, 3.8) is 0 Å². The first-order chi connectivity index (χ1) is 8.99. The summed E-state index contributed by atoms with van der Waals surface area (Å²) in [4.78, 5) is 4.37. The summed E-state index contributed by atoms with van der Waals surface area (Å²) in [6, 6.07) is 6.83. The van der Waals surface area contributed by atoms with Crippen LogP contribution in [0.15, 0.2) is 18.2 Å². The number of benzene rings is 1. The summed E-state index contributed by atoms with van der Waals surface area (Å²) in [7, 11) is 0. The molecule has 0 saturated carbocycles. The van der Waals surface area contributed by atoms with Gasteiger partial charge in [0.2, 0.25) is 0 Å². The van der Waals surface area contributed by atoms with Crippen molar-refractivity contribution in [3.8, 4) is 0 Å². The van der Waals surface area contributed by atoms with Crippen LogP contribution in [0.2, 0.25) is 0 Å². The summed E-state index contributed by atoms with van der Waals surface area (Å²) in [6.07, 6.45) is 0. The predicted molar refractivity (Wildman–Crippen MR) is 77.0 cm³/mol. The van der Waals surface area contributed by atoms with Crippen LogP contribution in [-0.4, -0.2) is 15.2 Å². The maximum Gasteiger partial charge on any atom is 0.167 e. The van der Waals surface area contributed by atoms with Crippen LogP contribution in [-0.2, 0) is 0 Å². The van der Waals surface area contributed by atoms with Crippen LogP contribution < -0.4 is 5.32 Å². The summed E-state index contributed by atoms with van der Waals surface area (Å²) in [5.41, 5.74) is 4.01. The molecule has 0 amide bonds. The van der Waals surface area contributed by atoms with Gasteiger partial charge in [-0.25, -0.2) is 4.98 Å². The highest BCUT2D eigenvalue weighted by molar-refractivity contribution is 5.35. The SMILES string of the molecule is Cc1nc(C(C)NC(C)c2cccc(C)c2C)n[nH]1. The molecule has 1 heterocycles. The minimum Gasteiger partial charge on any atom is -0.301 e. The Morgan fingerprint density at radius 2 is 1.84 bits per heavy atom. The Morgan fingerprint density at radius 1 is 1.11 bits per heavy atom. The van der Waals surface area contributed by atoms with Crippen LogP contribution in [0.5, 0.6) is 0 Å². The lowest BCUT2D eigenvalue weighted by molar-refractivity contribution is 0.476. The van der Waals surface area contributed by atoms with Crippen molar-refractivity contribution in [1.82, 2.24) is 20.5 Å². The molecule has 4 nitrogen and oxygen atoms in total. The molecule has 2 rings (SSSR count). The molecule has 2 N–H and O–H groups in total. The Balaban J connectivity index is 2.12. The van der Waals surface area contributed by atoms with Crippen molar-refractivity contribution in [2.75, 3.05) is 0 Å². The van der Waals surface area contributed by atoms with Gasteiger partial charge in [0, 0.05) is 6.04 Å². The molecule has 0 spiro atoms. The van der Waals surface area contributed by atoms with Crippen LogP contribution in [0.4, 0.5) is 0 Å². The zero-order valence-electron chi connectivity index (χ0n) is 12.3. The van der Waals surface area contributed by atoms with Crippen LogP contribution in [0.3, 0.4) is 0 Å². The van der Waals surface area contributed by atoms with E-state index in [-0.39, 0.29) is 12.1 Å². The molecule has 0 saturated heterocycles. The summed E-state index contributed by atoms with van der Waals surface area (Å²) >= 11 is 0. The molecule has 19 heavy (non-hydrogen) atoms. The van der Waals surface area contributed by atoms with Gasteiger partial charge in [0.25, 0.3) is 0 Å². The fourth-order valence-electron chi connectivity index (χ4n) is 2.34. The Kier molecular flexibility index (Phi) is 4.00. The van der Waals surface area contributed by atoms with Crippen molar-refractivity contribution in [1.29, 1.82) is 0 Å². The topological polar surface area (TPSA) is 53.6 Å². The van der Waals surface area contributed by atoms with Gasteiger partial charge in [-0.05, 0) is 51.3 Å². The first-order valence-electron chi connectivity index (χ1n) is 6.70. The van der Waals surface area contributed by atoms with E-state index in [4.69, 9.17) is 0 Å². The Bertz CT molecular complexity index is 559. The molecule has 0 aliphatic heterocycles. The molecular formula is C15H22N4. The van der Waals surface area contributed by atoms with Gasteiger partial charge < -0.3 is 5.32 Å². The van der Waals surface area contributed by atoms with Crippen molar-refractivity contribution in [3.05, 3.63) is 46.5 Å². The largest absolute Gasteiger partial charge is 0.301 e. The number of nitrogens with zero attached hydrogens (tertiary/aromatic N) is 2. The lowest BCUT2D eigenvalue weighted by atomic mass is 9.98. The smallest absolute Gasteiger partial charge is 0.167 e. The second kappa shape index (κ2) is 5.53. The number of aromatic amines is 1. The molecule has 0 aliphatic rings. The zero-order chi connectivity index (χ0) is 14.0. The van der Waals surface area contributed by atoms with Gasteiger partial charge >= 0.3 is 0 Å². The number of rotatable bonds is 4. The van der Waals surface area contributed by atoms with E-state index in [0.717, 1.165) is 11.6 Å². The number of H-pyrrole nitrogens is 1. The molecule has 0 fully saturated rings. The molecule has 1 aromatic heterocycles. The molecular weight excluding hydrogens is 236 g/mol. The number of hydrogen-bond donors (Lipinski definition) is 2. The highest BCUT2D eigenvalue weighted by Crippen LogP contribution is 2.22. The van der Waals surface area contributed by atoms with Crippen LogP contribution in [0, 0.1) is 20.8 Å². The molecule has 0 bridgehead atoms. The summed E-state index contributed by atoms with van der Waals surface area (Å²) in [6.45, 7) is 10.5. The molecule has 0 radical (unpaired) electrons. The third-order valence-electron chi connectivity index (χ3n) is 3.61. The average molecular weight is 258 g/mol. The first kappa shape index (κ1) is 13.7.